The average molecular weight is 773 g/mol. The summed E-state index contributed by atoms with van der Waals surface area (Å²) in [6, 6.07) is 23.8. The Morgan fingerprint density at radius 3 is 2.02 bits per heavy atom. The van der Waals surface area contributed by atoms with Crippen molar-refractivity contribution < 1.29 is 22.9 Å². The van der Waals surface area contributed by atoms with Crippen molar-refractivity contribution in [1.82, 2.24) is 14.5 Å². The van der Waals surface area contributed by atoms with Crippen LogP contribution in [-0.4, -0.2) is 19.6 Å². The lowest BCUT2D eigenvalue weighted by Crippen LogP contribution is -2.11. The minimum Gasteiger partial charge on any atom is -0.507 e. The first kappa shape index (κ1) is 25.9. The highest BCUT2D eigenvalue weighted by Crippen LogP contribution is 2.43. The maximum Gasteiger partial charge on any atom is 0.149 e. The fraction of sp³-hybridized carbons (Fsp3) is 0.222. The molecule has 0 aliphatic carbocycles. The number of benzene rings is 6. The van der Waals surface area contributed by atoms with Gasteiger partial charge in [-0.3, -0.25) is 9.55 Å². The second kappa shape index (κ2) is 14.6. The smallest absolute Gasteiger partial charge is 0.149 e. The molecule has 58 heavy (non-hydrogen) atoms. The Bertz CT molecular complexity index is 3440. The molecule has 4 nitrogen and oxygen atoms in total. The van der Waals surface area contributed by atoms with E-state index in [9.17, 15) is 6.48 Å². The van der Waals surface area contributed by atoms with Crippen molar-refractivity contribution in [2.45, 2.75) is 79.9 Å². The lowest BCUT2D eigenvalue weighted by atomic mass is 9.83. The molecule has 0 amide bonds. The van der Waals surface area contributed by atoms with Crippen molar-refractivity contribution in [1.29, 1.82) is 0 Å². The summed E-state index contributed by atoms with van der Waals surface area (Å²) in [5.41, 5.74) is 6.25. The number of imidazole rings is 1. The Morgan fingerprint density at radius 2 is 1.31 bits per heavy atom. The third-order valence-electron chi connectivity index (χ3n) is 10.5. The summed E-state index contributed by atoms with van der Waals surface area (Å²) in [4.78, 5) is 9.76. The third-order valence-corrected chi connectivity index (χ3v) is 10.5. The van der Waals surface area contributed by atoms with Crippen molar-refractivity contribution in [3.8, 4) is 67.5 Å². The largest absolute Gasteiger partial charge is 0.507 e. The van der Waals surface area contributed by atoms with Crippen molar-refractivity contribution in [2.24, 2.45) is 0 Å². The lowest BCUT2D eigenvalue weighted by molar-refractivity contribution is 0.472. The van der Waals surface area contributed by atoms with E-state index in [1.165, 1.54) is 0 Å². The molecule has 2 heterocycles. The van der Waals surface area contributed by atoms with Gasteiger partial charge in [0.15, 0.2) is 0 Å². The van der Waals surface area contributed by atoms with E-state index in [0.717, 1.165) is 22.3 Å². The second-order valence-corrected chi connectivity index (χ2v) is 17.0. The molecular weight excluding hydrogens is 707 g/mol. The lowest BCUT2D eigenvalue weighted by Gasteiger charge is -2.22. The monoisotopic (exact) mass is 773 g/mol. The highest BCUT2D eigenvalue weighted by atomic mass is 16.3. The summed E-state index contributed by atoms with van der Waals surface area (Å²) in [5.74, 6) is 0.400. The van der Waals surface area contributed by atoms with E-state index in [-0.39, 0.29) is 22.4 Å². The van der Waals surface area contributed by atoms with E-state index in [1.807, 2.05) is 106 Å². The number of aromatic nitrogens is 3. The molecular formula is C54H53N3O. The fourth-order valence-corrected chi connectivity index (χ4v) is 7.37. The summed E-state index contributed by atoms with van der Waals surface area (Å²) in [5, 5.41) is 11.8. The molecule has 4 heteroatoms. The van der Waals surface area contributed by atoms with Crippen molar-refractivity contribution in [3.05, 3.63) is 167 Å². The molecule has 2 aromatic heterocycles. The molecule has 0 aliphatic heterocycles. The Morgan fingerprint density at radius 1 is 0.603 bits per heavy atom. The minimum absolute atomic E-state index is 0.0181. The molecule has 8 rings (SSSR count). The topological polar surface area (TPSA) is 50.9 Å². The number of hydrogen-bond donors (Lipinski definition) is 1. The Hall–Kier alpha value is -6.26. The molecule has 0 saturated carbocycles. The average Bonchev–Trinajstić information content (AvgIpc) is 3.67. The van der Waals surface area contributed by atoms with Gasteiger partial charge in [-0.2, -0.15) is 0 Å². The molecule has 0 aliphatic rings. The highest BCUT2D eigenvalue weighted by Gasteiger charge is 2.25. The summed E-state index contributed by atoms with van der Waals surface area (Å²) in [6.45, 7) is 10.7. The first-order valence-corrected chi connectivity index (χ1v) is 19.2. The van der Waals surface area contributed by atoms with Gasteiger partial charge in [-0.1, -0.05) is 131 Å². The Kier molecular flexibility index (Phi) is 6.51. The maximum absolute atomic E-state index is 11.8. The number of phenolic OH excluding ortho intramolecular Hbond substituents is 1. The summed E-state index contributed by atoms with van der Waals surface area (Å²) in [7, 11) is 0. The van der Waals surface area contributed by atoms with E-state index in [2.05, 4.69) is 25.8 Å². The van der Waals surface area contributed by atoms with E-state index < -0.39 is 78.2 Å². The van der Waals surface area contributed by atoms with Crippen molar-refractivity contribution in [2.75, 3.05) is 0 Å². The van der Waals surface area contributed by atoms with Crippen LogP contribution in [0.3, 0.4) is 0 Å². The van der Waals surface area contributed by atoms with Crippen LogP contribution in [0.5, 0.6) is 5.75 Å². The van der Waals surface area contributed by atoms with Crippen molar-refractivity contribution >= 4 is 11.0 Å². The maximum atomic E-state index is 11.8. The zero-order valence-corrected chi connectivity index (χ0v) is 33.9. The predicted molar refractivity (Wildman–Crippen MR) is 244 cm³/mol. The molecule has 8 aromatic rings. The summed E-state index contributed by atoms with van der Waals surface area (Å²) in [6.07, 6.45) is -0.599. The Labute approximate surface area is 362 Å². The van der Waals surface area contributed by atoms with Gasteiger partial charge in [-0.15, -0.1) is 0 Å². The number of pyridine rings is 1. The van der Waals surface area contributed by atoms with Gasteiger partial charge in [0.25, 0.3) is 0 Å². The molecule has 0 saturated heterocycles. The molecule has 290 valence electrons. The van der Waals surface area contributed by atoms with E-state index >= 15 is 0 Å². The van der Waals surface area contributed by atoms with Crippen LogP contribution in [0.1, 0.15) is 92.7 Å². The molecule has 0 radical (unpaired) electrons. The van der Waals surface area contributed by atoms with Gasteiger partial charge in [-0.25, -0.2) is 4.98 Å². The van der Waals surface area contributed by atoms with Crippen LogP contribution in [0.15, 0.2) is 133 Å². The highest BCUT2D eigenvalue weighted by molar-refractivity contribution is 5.98. The van der Waals surface area contributed by atoms with Crippen LogP contribution in [-0.2, 0) is 10.8 Å². The zero-order chi connectivity index (χ0) is 52.2. The number of rotatable bonds is 6. The van der Waals surface area contributed by atoms with Crippen LogP contribution in [0, 0.1) is 27.6 Å². The summed E-state index contributed by atoms with van der Waals surface area (Å²) >= 11 is 0. The molecule has 0 spiro atoms. The van der Waals surface area contributed by atoms with E-state index in [4.69, 9.17) is 21.4 Å². The van der Waals surface area contributed by atoms with Crippen molar-refractivity contribution in [3.63, 3.8) is 0 Å². The zero-order valence-electron chi connectivity index (χ0n) is 46.9. The van der Waals surface area contributed by atoms with Gasteiger partial charge < -0.3 is 5.11 Å². The first-order chi connectivity index (χ1) is 32.9. The quantitative estimate of drug-likeness (QED) is 0.183. The molecule has 0 bridgehead atoms. The van der Waals surface area contributed by atoms with Gasteiger partial charge in [0.1, 0.15) is 11.6 Å². The number of hydrogen-bond acceptors (Lipinski definition) is 3. The molecule has 0 unspecified atom stereocenters. The Balaban J connectivity index is 1.44. The number of aryl methyl sites for hydroxylation is 3. The molecule has 1 N–H and O–H groups in total. The van der Waals surface area contributed by atoms with Crippen LogP contribution < -0.4 is 0 Å². The normalized spacial score (nSPS) is 15.7. The van der Waals surface area contributed by atoms with Gasteiger partial charge in [0, 0.05) is 31.1 Å². The van der Waals surface area contributed by atoms with Gasteiger partial charge in [-0.05, 0) is 131 Å². The molecule has 0 atom stereocenters. The van der Waals surface area contributed by atoms with Gasteiger partial charge in [0.2, 0.25) is 0 Å². The summed E-state index contributed by atoms with van der Waals surface area (Å²) < 4.78 is 113. The molecule has 6 aromatic carbocycles. The fourth-order valence-electron chi connectivity index (χ4n) is 7.37. The van der Waals surface area contributed by atoms with Crippen LogP contribution >= 0.6 is 0 Å². The van der Waals surface area contributed by atoms with E-state index in [1.54, 1.807) is 24.3 Å². The van der Waals surface area contributed by atoms with E-state index in [0.29, 0.717) is 55.9 Å². The SMILES string of the molecule is [2H]c1nc(-c2cc(-c3cccc4c3nc(-c3cc(C)cc(C)c3O)n4-c3ccc(C([2H])([2H])[2H])cc3-c3ccc(C(C)(C)C)cc3)cc(C(C)(C)C)c2)c([2H])c(-c2c([2H])c([2H])c(C([2H])([2H])[2H])c([2H])c2[2H])c1[2H]. The number of phenols is 1. The third kappa shape index (κ3) is 7.36. The standard InChI is InChI=1S/C54H53N3O/c1-33-14-17-37(18-15-33)39-24-25-55-47(32-39)41-29-40(30-43(31-41)54(8,9)10)44-12-11-13-49-50(44)56-52(46-28-35(3)26-36(4)51(46)58)57(49)48-23-16-34(2)27-45(48)38-19-21-42(22-20-38)53(5,6)7/h11-32,58H,1-10H3/i1D3,2D3,14D,15D,17D,18D,24D,25D,32D. The van der Waals surface area contributed by atoms with Crippen LogP contribution in [0.25, 0.3) is 72.7 Å². The van der Waals surface area contributed by atoms with Gasteiger partial charge >= 0.3 is 0 Å². The van der Waals surface area contributed by atoms with Crippen LogP contribution in [0.4, 0.5) is 0 Å². The number of fused-ring (bicyclic) bond motifs is 1. The predicted octanol–water partition coefficient (Wildman–Crippen LogP) is 14.3. The van der Waals surface area contributed by atoms with Gasteiger partial charge in [0.05, 0.1) is 37.6 Å². The first-order valence-electron chi connectivity index (χ1n) is 25.7. The second-order valence-electron chi connectivity index (χ2n) is 17.0. The minimum atomic E-state index is -2.98. The number of aromatic hydroxyl groups is 1. The number of para-hydroxylation sites is 1. The number of nitrogens with zero attached hydrogens (tertiary/aromatic N) is 3. The molecule has 0 fully saturated rings. The van der Waals surface area contributed by atoms with Crippen LogP contribution in [0.2, 0.25) is 0 Å².